The van der Waals surface area contributed by atoms with E-state index in [1.54, 1.807) is 0 Å². The summed E-state index contributed by atoms with van der Waals surface area (Å²) in [7, 11) is 0. The van der Waals surface area contributed by atoms with Crippen LogP contribution in [0.3, 0.4) is 0 Å². The van der Waals surface area contributed by atoms with Crippen molar-refractivity contribution in [1.29, 1.82) is 0 Å². The molecule has 0 aromatic heterocycles. The van der Waals surface area contributed by atoms with E-state index in [1.165, 1.54) is 0 Å². The van der Waals surface area contributed by atoms with Crippen molar-refractivity contribution in [1.82, 2.24) is 5.48 Å². The van der Waals surface area contributed by atoms with Gasteiger partial charge in [-0.05, 0) is 26.7 Å². The first-order valence-corrected chi connectivity index (χ1v) is 4.86. The number of halogens is 3. The van der Waals surface area contributed by atoms with Crippen LogP contribution in [-0.2, 0) is 9.57 Å². The van der Waals surface area contributed by atoms with Crippen molar-refractivity contribution >= 4 is 0 Å². The summed E-state index contributed by atoms with van der Waals surface area (Å²) in [5.41, 5.74) is 2.14. The van der Waals surface area contributed by atoms with E-state index >= 15 is 0 Å². The molecular weight excluding hydrogens is 211 g/mol. The molecule has 15 heavy (non-hydrogen) atoms. The molecule has 1 N–H and O–H groups in total. The molecule has 1 aliphatic rings. The molecule has 0 saturated carbocycles. The average Bonchev–Trinajstić information content (AvgIpc) is 1.99. The van der Waals surface area contributed by atoms with Crippen LogP contribution in [0.25, 0.3) is 0 Å². The van der Waals surface area contributed by atoms with E-state index in [0.717, 1.165) is 0 Å². The summed E-state index contributed by atoms with van der Waals surface area (Å²) in [4.78, 5) is 4.40. The van der Waals surface area contributed by atoms with E-state index in [0.29, 0.717) is 19.4 Å². The van der Waals surface area contributed by atoms with Gasteiger partial charge in [0.15, 0.2) is 6.61 Å². The van der Waals surface area contributed by atoms with Crippen LogP contribution in [0.2, 0.25) is 0 Å². The average molecular weight is 227 g/mol. The lowest BCUT2D eigenvalue weighted by Gasteiger charge is -2.35. The molecule has 0 radical (unpaired) electrons. The predicted octanol–water partition coefficient (Wildman–Crippen LogP) is 2.03. The molecule has 6 heteroatoms. The second-order valence-electron chi connectivity index (χ2n) is 4.32. The molecule has 0 aromatic carbocycles. The Morgan fingerprint density at radius 2 is 2.13 bits per heavy atom. The Labute approximate surface area is 86.9 Å². The van der Waals surface area contributed by atoms with E-state index in [4.69, 9.17) is 4.74 Å². The highest BCUT2D eigenvalue weighted by Crippen LogP contribution is 2.24. The molecule has 3 nitrogen and oxygen atoms in total. The third-order valence-corrected chi connectivity index (χ3v) is 2.18. The quantitative estimate of drug-likeness (QED) is 0.748. The van der Waals surface area contributed by atoms with E-state index < -0.39 is 12.8 Å². The largest absolute Gasteiger partial charge is 0.413 e. The van der Waals surface area contributed by atoms with Gasteiger partial charge < -0.3 is 4.74 Å². The molecule has 1 saturated heterocycles. The zero-order chi connectivity index (χ0) is 11.5. The Morgan fingerprint density at radius 1 is 1.47 bits per heavy atom. The molecule has 0 aliphatic carbocycles. The zero-order valence-electron chi connectivity index (χ0n) is 8.86. The molecule has 1 atom stereocenters. The van der Waals surface area contributed by atoms with Crippen molar-refractivity contribution in [3.05, 3.63) is 0 Å². The van der Waals surface area contributed by atoms with E-state index in [9.17, 15) is 13.2 Å². The molecule has 0 spiro atoms. The first-order valence-electron chi connectivity index (χ1n) is 4.86. The number of hydrogen-bond donors (Lipinski definition) is 1. The van der Waals surface area contributed by atoms with Crippen molar-refractivity contribution < 1.29 is 22.7 Å². The standard InChI is InChI=1S/C9H16F3NO2/c1-8(2)5-7(3-4-14-8)13-15-6-9(10,11)12/h7,13H,3-6H2,1-2H3. The number of hydrogen-bond acceptors (Lipinski definition) is 3. The van der Waals surface area contributed by atoms with Crippen molar-refractivity contribution in [3.8, 4) is 0 Å². The molecule has 1 heterocycles. The predicted molar refractivity (Wildman–Crippen MR) is 48.2 cm³/mol. The monoisotopic (exact) mass is 227 g/mol. The van der Waals surface area contributed by atoms with Crippen molar-refractivity contribution in [2.45, 2.75) is 44.5 Å². The maximum absolute atomic E-state index is 11.8. The third-order valence-electron chi connectivity index (χ3n) is 2.18. The van der Waals surface area contributed by atoms with Gasteiger partial charge in [-0.2, -0.15) is 18.7 Å². The molecule has 90 valence electrons. The molecule has 0 aromatic rings. The molecule has 1 unspecified atom stereocenters. The van der Waals surface area contributed by atoms with Crippen LogP contribution in [0.1, 0.15) is 26.7 Å². The van der Waals surface area contributed by atoms with Gasteiger partial charge in [0.25, 0.3) is 0 Å². The maximum atomic E-state index is 11.8. The first kappa shape index (κ1) is 12.7. The number of nitrogens with one attached hydrogen (secondary N) is 1. The Morgan fingerprint density at radius 3 is 2.67 bits per heavy atom. The van der Waals surface area contributed by atoms with Crippen LogP contribution in [0.4, 0.5) is 13.2 Å². The summed E-state index contributed by atoms with van der Waals surface area (Å²) >= 11 is 0. The minimum absolute atomic E-state index is 0.0731. The fourth-order valence-electron chi connectivity index (χ4n) is 1.57. The third kappa shape index (κ3) is 5.34. The van der Waals surface area contributed by atoms with Crippen LogP contribution >= 0.6 is 0 Å². The van der Waals surface area contributed by atoms with Crippen LogP contribution in [0.15, 0.2) is 0 Å². The summed E-state index contributed by atoms with van der Waals surface area (Å²) < 4.78 is 40.7. The highest BCUT2D eigenvalue weighted by Gasteiger charge is 2.31. The normalized spacial score (nSPS) is 26.6. The van der Waals surface area contributed by atoms with Gasteiger partial charge in [-0.15, -0.1) is 0 Å². The lowest BCUT2D eigenvalue weighted by Crippen LogP contribution is -2.44. The second kappa shape index (κ2) is 4.67. The van der Waals surface area contributed by atoms with Gasteiger partial charge in [0.05, 0.1) is 5.60 Å². The molecule has 1 rings (SSSR count). The summed E-state index contributed by atoms with van der Waals surface area (Å²) in [6.07, 6.45) is -2.97. The first-order chi connectivity index (χ1) is 6.79. The van der Waals surface area contributed by atoms with Gasteiger partial charge in [0.1, 0.15) is 0 Å². The molecule has 0 bridgehead atoms. The van der Waals surface area contributed by atoms with Gasteiger partial charge >= 0.3 is 6.18 Å². The number of alkyl halides is 3. The smallest absolute Gasteiger partial charge is 0.375 e. The van der Waals surface area contributed by atoms with Crippen LogP contribution in [0.5, 0.6) is 0 Å². The van der Waals surface area contributed by atoms with Gasteiger partial charge in [0, 0.05) is 12.6 Å². The fourth-order valence-corrected chi connectivity index (χ4v) is 1.57. The van der Waals surface area contributed by atoms with Crippen LogP contribution < -0.4 is 5.48 Å². The highest BCUT2D eigenvalue weighted by atomic mass is 19.4. The van der Waals surface area contributed by atoms with Gasteiger partial charge in [-0.25, -0.2) is 0 Å². The topological polar surface area (TPSA) is 30.5 Å². The molecular formula is C9H16F3NO2. The Kier molecular flexibility index (Phi) is 3.97. The fraction of sp³-hybridized carbons (Fsp3) is 1.00. The summed E-state index contributed by atoms with van der Waals surface area (Å²) in [5.74, 6) is 0. The van der Waals surface area contributed by atoms with Gasteiger partial charge in [0.2, 0.25) is 0 Å². The van der Waals surface area contributed by atoms with Crippen molar-refractivity contribution in [2.75, 3.05) is 13.2 Å². The minimum Gasteiger partial charge on any atom is -0.375 e. The second-order valence-corrected chi connectivity index (χ2v) is 4.32. The van der Waals surface area contributed by atoms with E-state index in [-0.39, 0.29) is 11.6 Å². The minimum atomic E-state index is -4.28. The Bertz CT molecular complexity index is 206. The van der Waals surface area contributed by atoms with E-state index in [2.05, 4.69) is 10.3 Å². The maximum Gasteiger partial charge on any atom is 0.413 e. The number of rotatable bonds is 3. The zero-order valence-corrected chi connectivity index (χ0v) is 8.86. The molecule has 1 fully saturated rings. The van der Waals surface area contributed by atoms with Crippen LogP contribution in [0, 0.1) is 0 Å². The molecule has 1 aliphatic heterocycles. The number of hydroxylamine groups is 1. The van der Waals surface area contributed by atoms with Gasteiger partial charge in [-0.3, -0.25) is 4.84 Å². The van der Waals surface area contributed by atoms with Crippen molar-refractivity contribution in [3.63, 3.8) is 0 Å². The van der Waals surface area contributed by atoms with Crippen molar-refractivity contribution in [2.24, 2.45) is 0 Å². The lowest BCUT2D eigenvalue weighted by molar-refractivity contribution is -0.198. The summed E-state index contributed by atoms with van der Waals surface area (Å²) in [6.45, 7) is 3.10. The Hall–Kier alpha value is -0.330. The Balaban J connectivity index is 2.22. The lowest BCUT2D eigenvalue weighted by atomic mass is 9.95. The highest BCUT2D eigenvalue weighted by molar-refractivity contribution is 4.81. The summed E-state index contributed by atoms with van der Waals surface area (Å²) in [6, 6.07) is -0.0731. The SMILES string of the molecule is CC1(C)CC(NOCC(F)(F)F)CCO1. The van der Waals surface area contributed by atoms with E-state index in [1.807, 2.05) is 13.8 Å². The van der Waals surface area contributed by atoms with Gasteiger partial charge in [-0.1, -0.05) is 0 Å². The molecule has 0 amide bonds. The number of ether oxygens (including phenoxy) is 1. The summed E-state index contributed by atoms with van der Waals surface area (Å²) in [5, 5.41) is 0. The van der Waals surface area contributed by atoms with Crippen LogP contribution in [-0.4, -0.2) is 31.0 Å².